The standard InChI is InChI=1S/C17H24N6O/c1-3-21-10-4-6-13(21)14-7-5-11-22(14)16(24)15-19-17-18-9-8-12(2)23(17)20-15/h8-9,13-14H,3-7,10-11H2,1-2H3/t13-,14+/m1/s1. The molecule has 24 heavy (non-hydrogen) atoms. The van der Waals surface area contributed by atoms with Gasteiger partial charge in [0.2, 0.25) is 5.82 Å². The van der Waals surface area contributed by atoms with Gasteiger partial charge in [0.25, 0.3) is 11.7 Å². The number of hydrogen-bond donors (Lipinski definition) is 0. The van der Waals surface area contributed by atoms with Crippen molar-refractivity contribution in [3.63, 3.8) is 0 Å². The van der Waals surface area contributed by atoms with E-state index in [0.29, 0.717) is 17.9 Å². The predicted octanol–water partition coefficient (Wildman–Crippen LogP) is 1.52. The average Bonchev–Trinajstić information content (AvgIpc) is 3.31. The fourth-order valence-electron chi connectivity index (χ4n) is 4.25. The highest BCUT2D eigenvalue weighted by atomic mass is 16.2. The zero-order valence-corrected chi connectivity index (χ0v) is 14.4. The first kappa shape index (κ1) is 15.5. The number of aromatic nitrogens is 4. The summed E-state index contributed by atoms with van der Waals surface area (Å²) in [7, 11) is 0. The van der Waals surface area contributed by atoms with Gasteiger partial charge in [0.15, 0.2) is 0 Å². The van der Waals surface area contributed by atoms with Crippen LogP contribution in [0.25, 0.3) is 5.78 Å². The van der Waals surface area contributed by atoms with E-state index >= 15 is 0 Å². The van der Waals surface area contributed by atoms with Crippen LogP contribution in [0.3, 0.4) is 0 Å². The van der Waals surface area contributed by atoms with Crippen molar-refractivity contribution in [2.24, 2.45) is 0 Å². The molecule has 1 amide bonds. The minimum Gasteiger partial charge on any atom is -0.331 e. The van der Waals surface area contributed by atoms with Gasteiger partial charge in [0.05, 0.1) is 0 Å². The minimum atomic E-state index is -0.0506. The Kier molecular flexibility index (Phi) is 3.96. The van der Waals surface area contributed by atoms with E-state index in [1.54, 1.807) is 10.7 Å². The minimum absolute atomic E-state index is 0.0506. The summed E-state index contributed by atoms with van der Waals surface area (Å²) in [6.45, 7) is 7.15. The Morgan fingerprint density at radius 3 is 2.83 bits per heavy atom. The number of carbonyl (C=O) groups excluding carboxylic acids is 1. The summed E-state index contributed by atoms with van der Waals surface area (Å²) in [6, 6.07) is 2.64. The van der Waals surface area contributed by atoms with Gasteiger partial charge in [-0.25, -0.2) is 9.50 Å². The SMILES string of the molecule is CCN1CCC[C@@H]1[C@@H]1CCCN1C(=O)c1nc2nccc(C)n2n1. The molecule has 4 heterocycles. The predicted molar refractivity (Wildman–Crippen MR) is 89.8 cm³/mol. The van der Waals surface area contributed by atoms with Gasteiger partial charge < -0.3 is 4.90 Å². The van der Waals surface area contributed by atoms with Crippen molar-refractivity contribution in [2.45, 2.75) is 51.6 Å². The van der Waals surface area contributed by atoms with Crippen LogP contribution >= 0.6 is 0 Å². The number of aryl methyl sites for hydroxylation is 1. The fourth-order valence-corrected chi connectivity index (χ4v) is 4.25. The Labute approximate surface area is 141 Å². The molecule has 2 aliphatic heterocycles. The van der Waals surface area contributed by atoms with Gasteiger partial charge in [-0.3, -0.25) is 9.69 Å². The van der Waals surface area contributed by atoms with E-state index in [2.05, 4.69) is 26.9 Å². The lowest BCUT2D eigenvalue weighted by atomic mass is 10.0. The maximum Gasteiger partial charge on any atom is 0.293 e. The summed E-state index contributed by atoms with van der Waals surface area (Å²) in [4.78, 5) is 26.1. The van der Waals surface area contributed by atoms with E-state index in [1.165, 1.54) is 12.8 Å². The summed E-state index contributed by atoms with van der Waals surface area (Å²) < 4.78 is 1.65. The molecule has 7 heteroatoms. The van der Waals surface area contributed by atoms with Gasteiger partial charge in [-0.2, -0.15) is 4.98 Å². The highest BCUT2D eigenvalue weighted by molar-refractivity contribution is 5.91. The van der Waals surface area contributed by atoms with Crippen molar-refractivity contribution in [1.82, 2.24) is 29.4 Å². The Morgan fingerprint density at radius 1 is 1.25 bits per heavy atom. The van der Waals surface area contributed by atoms with Crippen LogP contribution in [-0.2, 0) is 0 Å². The molecule has 2 aromatic heterocycles. The number of rotatable bonds is 3. The summed E-state index contributed by atoms with van der Waals surface area (Å²) in [5, 5.41) is 4.40. The average molecular weight is 328 g/mol. The number of fused-ring (bicyclic) bond motifs is 1. The number of likely N-dealkylation sites (N-methyl/N-ethyl adjacent to an activating group) is 1. The van der Waals surface area contributed by atoms with E-state index in [-0.39, 0.29) is 11.7 Å². The van der Waals surface area contributed by atoms with Crippen LogP contribution in [0.1, 0.15) is 48.9 Å². The summed E-state index contributed by atoms with van der Waals surface area (Å²) in [6.07, 6.45) is 6.25. The third-order valence-corrected chi connectivity index (χ3v) is 5.45. The lowest BCUT2D eigenvalue weighted by molar-refractivity contribution is 0.0638. The molecular weight excluding hydrogens is 304 g/mol. The number of carbonyl (C=O) groups is 1. The van der Waals surface area contributed by atoms with Gasteiger partial charge in [0, 0.05) is 30.5 Å². The van der Waals surface area contributed by atoms with Gasteiger partial charge in [-0.05, 0) is 51.8 Å². The molecular formula is C17H24N6O. The molecule has 2 saturated heterocycles. The van der Waals surface area contributed by atoms with Crippen LogP contribution < -0.4 is 0 Å². The number of hydrogen-bond acceptors (Lipinski definition) is 5. The molecule has 0 unspecified atom stereocenters. The monoisotopic (exact) mass is 328 g/mol. The van der Waals surface area contributed by atoms with Crippen molar-refractivity contribution in [2.75, 3.05) is 19.6 Å². The number of amides is 1. The van der Waals surface area contributed by atoms with E-state index in [1.807, 2.05) is 17.9 Å². The van der Waals surface area contributed by atoms with Crippen molar-refractivity contribution in [3.8, 4) is 0 Å². The maximum atomic E-state index is 13.0. The molecule has 128 valence electrons. The van der Waals surface area contributed by atoms with Gasteiger partial charge in [-0.1, -0.05) is 6.92 Å². The Bertz CT molecular complexity index is 757. The number of likely N-dealkylation sites (tertiary alicyclic amines) is 2. The molecule has 0 N–H and O–H groups in total. The first-order valence-electron chi connectivity index (χ1n) is 8.92. The normalized spacial score (nSPS) is 25.0. The molecule has 2 fully saturated rings. The maximum absolute atomic E-state index is 13.0. The third kappa shape index (κ3) is 2.47. The van der Waals surface area contributed by atoms with Crippen molar-refractivity contribution in [3.05, 3.63) is 23.8 Å². The quantitative estimate of drug-likeness (QED) is 0.855. The molecule has 0 bridgehead atoms. The molecule has 4 rings (SSSR count). The van der Waals surface area contributed by atoms with Gasteiger partial charge in [-0.15, -0.1) is 5.10 Å². The molecule has 2 aromatic rings. The second-order valence-corrected chi connectivity index (χ2v) is 6.78. The molecule has 0 aromatic carbocycles. The molecule has 0 aliphatic carbocycles. The Morgan fingerprint density at radius 2 is 2.04 bits per heavy atom. The third-order valence-electron chi connectivity index (χ3n) is 5.45. The van der Waals surface area contributed by atoms with Crippen LogP contribution in [0.4, 0.5) is 0 Å². The summed E-state index contributed by atoms with van der Waals surface area (Å²) in [5.41, 5.74) is 0.928. The zero-order valence-electron chi connectivity index (χ0n) is 14.4. The van der Waals surface area contributed by atoms with Crippen LogP contribution in [0.5, 0.6) is 0 Å². The first-order chi connectivity index (χ1) is 11.7. The highest BCUT2D eigenvalue weighted by Gasteiger charge is 2.40. The topological polar surface area (TPSA) is 66.6 Å². The molecule has 0 spiro atoms. The second-order valence-electron chi connectivity index (χ2n) is 6.78. The molecule has 2 aliphatic rings. The lowest BCUT2D eigenvalue weighted by Crippen LogP contribution is -2.48. The van der Waals surface area contributed by atoms with Crippen LogP contribution in [0.2, 0.25) is 0 Å². The van der Waals surface area contributed by atoms with E-state index in [9.17, 15) is 4.79 Å². The molecule has 7 nitrogen and oxygen atoms in total. The summed E-state index contributed by atoms with van der Waals surface area (Å²) in [5.74, 6) is 0.709. The smallest absolute Gasteiger partial charge is 0.293 e. The summed E-state index contributed by atoms with van der Waals surface area (Å²) >= 11 is 0. The first-order valence-corrected chi connectivity index (χ1v) is 8.92. The Hall–Kier alpha value is -2.02. The van der Waals surface area contributed by atoms with Crippen LogP contribution in [-0.4, -0.2) is 67.0 Å². The van der Waals surface area contributed by atoms with E-state index in [0.717, 1.165) is 38.2 Å². The molecule has 2 atom stereocenters. The van der Waals surface area contributed by atoms with Gasteiger partial charge in [0.1, 0.15) is 0 Å². The van der Waals surface area contributed by atoms with Crippen molar-refractivity contribution >= 4 is 11.7 Å². The zero-order chi connectivity index (χ0) is 16.7. The number of nitrogens with zero attached hydrogens (tertiary/aromatic N) is 6. The molecule has 0 saturated carbocycles. The van der Waals surface area contributed by atoms with Crippen LogP contribution in [0.15, 0.2) is 12.3 Å². The Balaban J connectivity index is 1.61. The molecule has 0 radical (unpaired) electrons. The second kappa shape index (κ2) is 6.12. The van der Waals surface area contributed by atoms with E-state index < -0.39 is 0 Å². The van der Waals surface area contributed by atoms with Crippen LogP contribution in [0, 0.1) is 6.92 Å². The fraction of sp³-hybridized carbons (Fsp3) is 0.647. The van der Waals surface area contributed by atoms with Gasteiger partial charge >= 0.3 is 0 Å². The highest BCUT2D eigenvalue weighted by Crippen LogP contribution is 2.30. The lowest BCUT2D eigenvalue weighted by Gasteiger charge is -2.34. The van der Waals surface area contributed by atoms with E-state index in [4.69, 9.17) is 0 Å². The van der Waals surface area contributed by atoms with Crippen molar-refractivity contribution < 1.29 is 4.79 Å². The largest absolute Gasteiger partial charge is 0.331 e. The van der Waals surface area contributed by atoms with Crippen molar-refractivity contribution in [1.29, 1.82) is 0 Å².